The van der Waals surface area contributed by atoms with Crippen LogP contribution in [0.1, 0.15) is 6.92 Å². The van der Waals surface area contributed by atoms with E-state index in [0.717, 1.165) is 22.5 Å². The molecule has 1 aliphatic rings. The van der Waals surface area contributed by atoms with Crippen LogP contribution in [0.4, 0.5) is 26.1 Å². The lowest BCUT2D eigenvalue weighted by Gasteiger charge is -2.18. The summed E-state index contributed by atoms with van der Waals surface area (Å²) in [5.74, 6) is -1.65. The number of hydrogen-bond acceptors (Lipinski definition) is 6. The van der Waals surface area contributed by atoms with Crippen molar-refractivity contribution < 1.29 is 18.3 Å². The van der Waals surface area contributed by atoms with Gasteiger partial charge in [-0.3, -0.25) is 19.0 Å². The molecule has 0 saturated carbocycles. The van der Waals surface area contributed by atoms with Crippen LogP contribution in [0.3, 0.4) is 0 Å². The molecule has 4 rings (SSSR count). The first-order chi connectivity index (χ1) is 15.4. The number of carbonyl (C=O) groups excluding carboxylic acids is 1. The van der Waals surface area contributed by atoms with E-state index in [-0.39, 0.29) is 18.2 Å². The Balaban J connectivity index is 1.60. The maximum absolute atomic E-state index is 13.8. The fraction of sp³-hybridized carbons (Fsp3) is 0.238. The normalized spacial score (nSPS) is 12.5. The van der Waals surface area contributed by atoms with Gasteiger partial charge in [-0.05, 0) is 43.3 Å². The molecule has 166 valence electrons. The fourth-order valence-corrected chi connectivity index (χ4v) is 3.38. The van der Waals surface area contributed by atoms with Gasteiger partial charge in [0.05, 0.1) is 12.3 Å². The minimum atomic E-state index is -0.975. The highest BCUT2D eigenvalue weighted by Gasteiger charge is 2.26. The number of ether oxygens (including phenoxy) is 1. The second-order valence-corrected chi connectivity index (χ2v) is 6.97. The monoisotopic (exact) mass is 443 g/mol. The Morgan fingerprint density at radius 1 is 1.09 bits per heavy atom. The van der Waals surface area contributed by atoms with Crippen molar-refractivity contribution in [1.82, 2.24) is 14.3 Å². The van der Waals surface area contributed by atoms with Crippen LogP contribution in [-0.4, -0.2) is 33.4 Å². The summed E-state index contributed by atoms with van der Waals surface area (Å²) in [6.07, 6.45) is 0. The Bertz CT molecular complexity index is 1290. The zero-order valence-electron chi connectivity index (χ0n) is 17.0. The highest BCUT2D eigenvalue weighted by Crippen LogP contribution is 2.28. The van der Waals surface area contributed by atoms with Gasteiger partial charge in [0.1, 0.15) is 23.9 Å². The maximum atomic E-state index is 13.8. The van der Waals surface area contributed by atoms with Gasteiger partial charge in [0.15, 0.2) is 0 Å². The van der Waals surface area contributed by atoms with Gasteiger partial charge in [0, 0.05) is 24.8 Å². The molecule has 11 heteroatoms. The van der Waals surface area contributed by atoms with E-state index < -0.39 is 35.2 Å². The van der Waals surface area contributed by atoms with E-state index in [1.54, 1.807) is 29.2 Å². The molecule has 0 spiro atoms. The van der Waals surface area contributed by atoms with Crippen molar-refractivity contribution in [3.8, 4) is 5.75 Å². The Kier molecular flexibility index (Phi) is 5.71. The Hall–Kier alpha value is -4.02. The van der Waals surface area contributed by atoms with Crippen molar-refractivity contribution in [2.75, 3.05) is 23.4 Å². The molecule has 0 unspecified atom stereocenters. The molecule has 2 aromatic carbocycles. The van der Waals surface area contributed by atoms with Crippen LogP contribution in [0.5, 0.6) is 5.75 Å². The van der Waals surface area contributed by atoms with E-state index in [2.05, 4.69) is 10.4 Å². The zero-order chi connectivity index (χ0) is 22.8. The third-order valence-electron chi connectivity index (χ3n) is 4.86. The lowest BCUT2D eigenvalue weighted by atomic mass is 10.3. The minimum absolute atomic E-state index is 0.208. The molecule has 0 saturated heterocycles. The summed E-state index contributed by atoms with van der Waals surface area (Å²) in [5, 5.41) is 6.44. The molecule has 0 bridgehead atoms. The summed E-state index contributed by atoms with van der Waals surface area (Å²) in [6.45, 7) is 2.46. The largest absolute Gasteiger partial charge is 0.494 e. The van der Waals surface area contributed by atoms with E-state index in [9.17, 15) is 23.2 Å². The number of nitrogens with zero attached hydrogens (tertiary/aromatic N) is 4. The standard InChI is InChI=1S/C21H19F2N5O4/c1-2-32-15-6-4-14(5-7-15)26-9-10-27-19(30)20(31)28(25-21(26)27)12-18(29)24-17-8-3-13(22)11-16(17)23/h3-8,11H,2,9-10,12H2,1H3,(H,24,29). The SMILES string of the molecule is CCOc1ccc(N2CCn3c2nn(CC(=O)Nc2ccc(F)cc2F)c(=O)c3=O)cc1. The molecule has 1 N–H and O–H groups in total. The Morgan fingerprint density at radius 3 is 2.53 bits per heavy atom. The van der Waals surface area contributed by atoms with Crippen LogP contribution in [-0.2, 0) is 17.9 Å². The van der Waals surface area contributed by atoms with E-state index >= 15 is 0 Å². The number of fused-ring (bicyclic) bond motifs is 1. The number of nitrogens with one attached hydrogen (secondary N) is 1. The van der Waals surface area contributed by atoms with Gasteiger partial charge in [0.2, 0.25) is 11.9 Å². The Labute approximate surface area is 180 Å². The second kappa shape index (κ2) is 8.61. The van der Waals surface area contributed by atoms with E-state index in [1.807, 2.05) is 6.92 Å². The predicted octanol–water partition coefficient (Wildman–Crippen LogP) is 1.87. The predicted molar refractivity (Wildman–Crippen MR) is 112 cm³/mol. The van der Waals surface area contributed by atoms with Crippen molar-refractivity contribution in [2.24, 2.45) is 0 Å². The van der Waals surface area contributed by atoms with Gasteiger partial charge >= 0.3 is 11.1 Å². The molecule has 1 aliphatic heterocycles. The van der Waals surface area contributed by atoms with Gasteiger partial charge in [-0.2, -0.15) is 0 Å². The third kappa shape index (κ3) is 4.09. The van der Waals surface area contributed by atoms with Crippen molar-refractivity contribution in [3.63, 3.8) is 0 Å². The molecule has 0 radical (unpaired) electrons. The highest BCUT2D eigenvalue weighted by molar-refractivity contribution is 5.90. The number of anilines is 3. The highest BCUT2D eigenvalue weighted by atomic mass is 19.1. The summed E-state index contributed by atoms with van der Waals surface area (Å²) in [4.78, 5) is 39.0. The van der Waals surface area contributed by atoms with Gasteiger partial charge in [-0.25, -0.2) is 13.5 Å². The topological polar surface area (TPSA) is 98.5 Å². The number of hydrogen-bond donors (Lipinski definition) is 1. The van der Waals surface area contributed by atoms with E-state index in [1.165, 1.54) is 4.57 Å². The van der Waals surface area contributed by atoms with E-state index in [4.69, 9.17) is 4.74 Å². The molecule has 0 fully saturated rings. The molecule has 9 nitrogen and oxygen atoms in total. The lowest BCUT2D eigenvalue weighted by Crippen LogP contribution is -2.44. The minimum Gasteiger partial charge on any atom is -0.494 e. The number of carbonyl (C=O) groups is 1. The number of halogens is 2. The van der Waals surface area contributed by atoms with Gasteiger partial charge in [-0.15, -0.1) is 5.10 Å². The summed E-state index contributed by atoms with van der Waals surface area (Å²) >= 11 is 0. The van der Waals surface area contributed by atoms with Crippen LogP contribution < -0.4 is 26.1 Å². The van der Waals surface area contributed by atoms with Crippen molar-refractivity contribution in [2.45, 2.75) is 20.0 Å². The van der Waals surface area contributed by atoms with E-state index in [0.29, 0.717) is 25.0 Å². The van der Waals surface area contributed by atoms with Gasteiger partial charge in [-0.1, -0.05) is 0 Å². The number of rotatable bonds is 6. The Morgan fingerprint density at radius 2 is 1.84 bits per heavy atom. The fourth-order valence-electron chi connectivity index (χ4n) is 3.38. The quantitative estimate of drug-likeness (QED) is 0.584. The zero-order valence-corrected chi connectivity index (χ0v) is 17.0. The van der Waals surface area contributed by atoms with Crippen LogP contribution in [0.25, 0.3) is 0 Å². The maximum Gasteiger partial charge on any atom is 0.333 e. The summed E-state index contributed by atoms with van der Waals surface area (Å²) in [5.41, 5.74) is -1.31. The molecule has 3 aromatic rings. The van der Waals surface area contributed by atoms with Crippen molar-refractivity contribution >= 4 is 23.2 Å². The lowest BCUT2D eigenvalue weighted by molar-refractivity contribution is -0.117. The van der Waals surface area contributed by atoms with Gasteiger partial charge < -0.3 is 15.0 Å². The number of benzene rings is 2. The molecule has 1 amide bonds. The second-order valence-electron chi connectivity index (χ2n) is 6.97. The summed E-state index contributed by atoms with van der Waals surface area (Å²) < 4.78 is 34.2. The molecule has 2 heterocycles. The first-order valence-corrected chi connectivity index (χ1v) is 9.84. The molecule has 1 aromatic heterocycles. The summed E-state index contributed by atoms with van der Waals surface area (Å²) in [7, 11) is 0. The smallest absolute Gasteiger partial charge is 0.333 e. The molecular weight excluding hydrogens is 424 g/mol. The third-order valence-corrected chi connectivity index (χ3v) is 4.86. The first-order valence-electron chi connectivity index (χ1n) is 9.84. The number of aromatic nitrogens is 3. The van der Waals surface area contributed by atoms with Crippen LogP contribution in [0, 0.1) is 11.6 Å². The summed E-state index contributed by atoms with van der Waals surface area (Å²) in [6, 6.07) is 9.82. The molecule has 32 heavy (non-hydrogen) atoms. The average Bonchev–Trinajstić information content (AvgIpc) is 3.18. The van der Waals surface area contributed by atoms with Gasteiger partial charge in [0.25, 0.3) is 0 Å². The molecule has 0 aliphatic carbocycles. The van der Waals surface area contributed by atoms with Crippen LogP contribution in [0.2, 0.25) is 0 Å². The van der Waals surface area contributed by atoms with Crippen molar-refractivity contribution in [1.29, 1.82) is 0 Å². The van der Waals surface area contributed by atoms with Crippen molar-refractivity contribution in [3.05, 3.63) is 74.8 Å². The average molecular weight is 443 g/mol. The molecule has 0 atom stereocenters. The van der Waals surface area contributed by atoms with Crippen LogP contribution in [0.15, 0.2) is 52.1 Å². The van der Waals surface area contributed by atoms with Crippen LogP contribution >= 0.6 is 0 Å². The number of amides is 1. The molecular formula is C21H19F2N5O4. The first kappa shape index (κ1) is 21.2.